The van der Waals surface area contributed by atoms with Crippen LogP contribution < -0.4 is 10.1 Å². The number of carbonyl (C=O) groups excluding carboxylic acids is 1. The summed E-state index contributed by atoms with van der Waals surface area (Å²) in [6.07, 6.45) is 1.76. The van der Waals surface area contributed by atoms with E-state index in [1.54, 1.807) is 6.07 Å². The third kappa shape index (κ3) is 2.53. The van der Waals surface area contributed by atoms with Gasteiger partial charge in [-0.1, -0.05) is 6.07 Å². The molecule has 3 nitrogen and oxygen atoms in total. The number of carbonyl (C=O) groups is 1. The summed E-state index contributed by atoms with van der Waals surface area (Å²) in [4.78, 5) is 11.5. The molecule has 0 bridgehead atoms. The normalized spacial score (nSPS) is 20.2. The van der Waals surface area contributed by atoms with Crippen LogP contribution in [0.15, 0.2) is 24.3 Å². The van der Waals surface area contributed by atoms with E-state index in [0.29, 0.717) is 0 Å². The van der Waals surface area contributed by atoms with Crippen molar-refractivity contribution in [2.45, 2.75) is 18.9 Å². The highest BCUT2D eigenvalue weighted by atomic mass is 19.1. The molecule has 1 aliphatic heterocycles. The second kappa shape index (κ2) is 4.40. The maximum absolute atomic E-state index is 12.8. The van der Waals surface area contributed by atoms with Crippen LogP contribution in [0.1, 0.15) is 12.8 Å². The molecule has 1 atom stereocenters. The number of hydrogen-bond acceptors (Lipinski definition) is 3. The zero-order valence-electron chi connectivity index (χ0n) is 8.20. The van der Waals surface area contributed by atoms with Gasteiger partial charge in [-0.3, -0.25) is 0 Å². The lowest BCUT2D eigenvalue weighted by atomic mass is 10.2. The molecule has 1 N–H and O–H groups in total. The standard InChI is InChI=1S/C11H12FNO2/c12-8-3-1-4-9(7-8)15-11(14)10-5-2-6-13-10/h1,3-4,7,10,13H,2,5-6H2/t10-/m0/s1. The number of benzene rings is 1. The number of nitrogens with one attached hydrogen (secondary N) is 1. The van der Waals surface area contributed by atoms with Crippen molar-refractivity contribution >= 4 is 5.97 Å². The molecule has 0 saturated carbocycles. The lowest BCUT2D eigenvalue weighted by Gasteiger charge is -2.09. The summed E-state index contributed by atoms with van der Waals surface area (Å²) in [5, 5.41) is 3.02. The van der Waals surface area contributed by atoms with Crippen LogP contribution in [0.5, 0.6) is 5.75 Å². The monoisotopic (exact) mass is 209 g/mol. The van der Waals surface area contributed by atoms with Crippen LogP contribution in [0.3, 0.4) is 0 Å². The first-order chi connectivity index (χ1) is 7.25. The number of hydrogen-bond donors (Lipinski definition) is 1. The van der Waals surface area contributed by atoms with Crippen LogP contribution in [-0.4, -0.2) is 18.6 Å². The number of rotatable bonds is 2. The summed E-state index contributed by atoms with van der Waals surface area (Å²) in [7, 11) is 0. The SMILES string of the molecule is O=C(Oc1cccc(F)c1)[C@@H]1CCCN1. The second-order valence-electron chi connectivity index (χ2n) is 3.53. The topological polar surface area (TPSA) is 38.3 Å². The predicted molar refractivity (Wildman–Crippen MR) is 53.1 cm³/mol. The Morgan fingerprint density at radius 1 is 1.53 bits per heavy atom. The summed E-state index contributed by atoms with van der Waals surface area (Å²) < 4.78 is 17.8. The van der Waals surface area contributed by atoms with Crippen LogP contribution in [0.25, 0.3) is 0 Å². The number of ether oxygens (including phenoxy) is 1. The van der Waals surface area contributed by atoms with Gasteiger partial charge in [0.05, 0.1) is 0 Å². The molecule has 1 heterocycles. The molecule has 0 amide bonds. The Morgan fingerprint density at radius 3 is 3.07 bits per heavy atom. The maximum atomic E-state index is 12.8. The Labute approximate surface area is 87.2 Å². The van der Waals surface area contributed by atoms with E-state index in [2.05, 4.69) is 5.32 Å². The van der Waals surface area contributed by atoms with Gasteiger partial charge in [-0.05, 0) is 31.5 Å². The van der Waals surface area contributed by atoms with Gasteiger partial charge in [0.1, 0.15) is 17.6 Å². The molecule has 2 rings (SSSR count). The van der Waals surface area contributed by atoms with Gasteiger partial charge < -0.3 is 10.1 Å². The van der Waals surface area contributed by atoms with E-state index < -0.39 is 5.82 Å². The first kappa shape index (κ1) is 10.1. The molecule has 0 aliphatic carbocycles. The molecule has 1 fully saturated rings. The Kier molecular flexibility index (Phi) is 2.97. The van der Waals surface area contributed by atoms with Crippen molar-refractivity contribution in [1.82, 2.24) is 5.32 Å². The van der Waals surface area contributed by atoms with E-state index in [1.165, 1.54) is 18.2 Å². The highest BCUT2D eigenvalue weighted by molar-refractivity contribution is 5.78. The second-order valence-corrected chi connectivity index (χ2v) is 3.53. The van der Waals surface area contributed by atoms with Crippen molar-refractivity contribution < 1.29 is 13.9 Å². The minimum absolute atomic E-state index is 0.242. The average molecular weight is 209 g/mol. The van der Waals surface area contributed by atoms with Gasteiger partial charge in [-0.15, -0.1) is 0 Å². The van der Waals surface area contributed by atoms with E-state index in [9.17, 15) is 9.18 Å². The van der Waals surface area contributed by atoms with Crippen molar-refractivity contribution in [2.75, 3.05) is 6.54 Å². The summed E-state index contributed by atoms with van der Waals surface area (Å²) >= 11 is 0. The predicted octanol–water partition coefficient (Wildman–Crippen LogP) is 1.48. The lowest BCUT2D eigenvalue weighted by molar-refractivity contribution is -0.136. The van der Waals surface area contributed by atoms with Crippen LogP contribution in [0.4, 0.5) is 4.39 Å². The summed E-state index contributed by atoms with van der Waals surface area (Å²) in [5.41, 5.74) is 0. The summed E-state index contributed by atoms with van der Waals surface area (Å²) in [6.45, 7) is 0.836. The van der Waals surface area contributed by atoms with Crippen LogP contribution >= 0.6 is 0 Å². The molecule has 0 radical (unpaired) electrons. The van der Waals surface area contributed by atoms with Gasteiger partial charge in [0.25, 0.3) is 0 Å². The third-order valence-corrected chi connectivity index (χ3v) is 2.36. The molecule has 1 aromatic rings. The zero-order chi connectivity index (χ0) is 10.7. The molecule has 1 aliphatic rings. The van der Waals surface area contributed by atoms with Crippen LogP contribution in [0, 0.1) is 5.82 Å². The van der Waals surface area contributed by atoms with E-state index in [-0.39, 0.29) is 17.8 Å². The molecule has 80 valence electrons. The maximum Gasteiger partial charge on any atom is 0.328 e. The average Bonchev–Trinajstić information content (AvgIpc) is 2.70. The Hall–Kier alpha value is -1.42. The van der Waals surface area contributed by atoms with Crippen molar-refractivity contribution in [2.24, 2.45) is 0 Å². The first-order valence-electron chi connectivity index (χ1n) is 4.96. The highest BCUT2D eigenvalue weighted by Gasteiger charge is 2.23. The molecule has 0 aromatic heterocycles. The fourth-order valence-corrected chi connectivity index (χ4v) is 1.60. The van der Waals surface area contributed by atoms with Gasteiger partial charge in [0.2, 0.25) is 0 Å². The van der Waals surface area contributed by atoms with E-state index in [0.717, 1.165) is 19.4 Å². The largest absolute Gasteiger partial charge is 0.425 e. The lowest BCUT2D eigenvalue weighted by Crippen LogP contribution is -2.34. The Balaban J connectivity index is 1.99. The van der Waals surface area contributed by atoms with E-state index in [1.807, 2.05) is 0 Å². The minimum atomic E-state index is -0.403. The summed E-state index contributed by atoms with van der Waals surface area (Å²) in [6, 6.07) is 5.35. The molecular weight excluding hydrogens is 197 g/mol. The van der Waals surface area contributed by atoms with Crippen LogP contribution in [0.2, 0.25) is 0 Å². The Morgan fingerprint density at radius 2 is 2.40 bits per heavy atom. The molecular formula is C11H12FNO2. The molecule has 1 saturated heterocycles. The quantitative estimate of drug-likeness (QED) is 0.592. The highest BCUT2D eigenvalue weighted by Crippen LogP contribution is 2.14. The van der Waals surface area contributed by atoms with Gasteiger partial charge in [0, 0.05) is 6.07 Å². The molecule has 0 unspecified atom stereocenters. The molecule has 15 heavy (non-hydrogen) atoms. The van der Waals surface area contributed by atoms with Crippen molar-refractivity contribution in [3.8, 4) is 5.75 Å². The fourth-order valence-electron chi connectivity index (χ4n) is 1.60. The fraction of sp³-hybridized carbons (Fsp3) is 0.364. The zero-order valence-corrected chi connectivity index (χ0v) is 8.20. The smallest absolute Gasteiger partial charge is 0.328 e. The van der Waals surface area contributed by atoms with Gasteiger partial charge in [0.15, 0.2) is 0 Å². The number of halogens is 1. The molecule has 1 aromatic carbocycles. The van der Waals surface area contributed by atoms with Gasteiger partial charge in [-0.2, -0.15) is 0 Å². The minimum Gasteiger partial charge on any atom is -0.425 e. The van der Waals surface area contributed by atoms with Crippen LogP contribution in [-0.2, 0) is 4.79 Å². The van der Waals surface area contributed by atoms with Crippen molar-refractivity contribution in [1.29, 1.82) is 0 Å². The van der Waals surface area contributed by atoms with Crippen molar-refractivity contribution in [3.05, 3.63) is 30.1 Å². The molecule has 0 spiro atoms. The first-order valence-corrected chi connectivity index (χ1v) is 4.96. The van der Waals surface area contributed by atoms with E-state index in [4.69, 9.17) is 4.74 Å². The van der Waals surface area contributed by atoms with Gasteiger partial charge >= 0.3 is 5.97 Å². The van der Waals surface area contributed by atoms with Crippen molar-refractivity contribution in [3.63, 3.8) is 0 Å². The Bertz CT molecular complexity index is 361. The van der Waals surface area contributed by atoms with E-state index >= 15 is 0 Å². The molecule has 4 heteroatoms. The van der Waals surface area contributed by atoms with Gasteiger partial charge in [-0.25, -0.2) is 9.18 Å². The summed E-state index contributed by atoms with van der Waals surface area (Å²) in [5.74, 6) is -0.480. The number of esters is 1. The third-order valence-electron chi connectivity index (χ3n) is 2.36.